The summed E-state index contributed by atoms with van der Waals surface area (Å²) in [5, 5.41) is 9.00. The molecule has 0 aromatic heterocycles. The molecule has 0 unspecified atom stereocenters. The number of hydrogen-bond acceptors (Lipinski definition) is 5. The second kappa shape index (κ2) is 4.30. The van der Waals surface area contributed by atoms with E-state index in [2.05, 4.69) is 14.2 Å². The third-order valence-electron chi connectivity index (χ3n) is 2.08. The van der Waals surface area contributed by atoms with Crippen LogP contribution in [-0.4, -0.2) is 31.3 Å². The molecule has 0 spiro atoms. The van der Waals surface area contributed by atoms with E-state index < -0.39 is 23.6 Å². The fraction of sp³-hybridized carbons (Fsp3) is 0.300. The Morgan fingerprint density at radius 1 is 1.44 bits per heavy atom. The molecule has 1 heterocycles. The Bertz CT molecular complexity index is 488. The Morgan fingerprint density at radius 3 is 2.78 bits per heavy atom. The van der Waals surface area contributed by atoms with Crippen LogP contribution in [0.4, 0.5) is 8.78 Å². The summed E-state index contributed by atoms with van der Waals surface area (Å²) in [4.78, 5) is 11.1. The quantitative estimate of drug-likeness (QED) is 0.832. The first kappa shape index (κ1) is 12.4. The lowest BCUT2D eigenvalue weighted by atomic mass is 10.1. The van der Waals surface area contributed by atoms with Gasteiger partial charge in [-0.15, -0.1) is 8.78 Å². The molecular weight excluding hydrogens is 254 g/mol. The zero-order chi connectivity index (χ0) is 13.3. The predicted molar refractivity (Wildman–Crippen MR) is 52.1 cm³/mol. The number of methoxy groups -OCH3 is 1. The largest absolute Gasteiger partial charge is 0.586 e. The van der Waals surface area contributed by atoms with Crippen molar-refractivity contribution in [3.05, 3.63) is 17.7 Å². The average molecular weight is 262 g/mol. The molecule has 0 fully saturated rings. The fourth-order valence-electron chi connectivity index (χ4n) is 1.44. The van der Waals surface area contributed by atoms with Crippen LogP contribution in [-0.2, 0) is 4.74 Å². The summed E-state index contributed by atoms with van der Waals surface area (Å²) < 4.78 is 43.6. The van der Waals surface area contributed by atoms with Crippen molar-refractivity contribution in [1.29, 1.82) is 0 Å². The highest BCUT2D eigenvalue weighted by molar-refractivity contribution is 5.95. The van der Waals surface area contributed by atoms with E-state index in [4.69, 9.17) is 9.84 Å². The predicted octanol–water partition coefficient (Wildman–Crippen LogP) is 1.69. The number of carbonyl (C=O) groups is 1. The van der Waals surface area contributed by atoms with Gasteiger partial charge in [-0.2, -0.15) is 0 Å². The number of carboxylic acids is 1. The smallest absolute Gasteiger partial charge is 0.477 e. The van der Waals surface area contributed by atoms with Crippen LogP contribution in [0.25, 0.3) is 0 Å². The molecule has 0 bridgehead atoms. The van der Waals surface area contributed by atoms with Crippen LogP contribution in [0.5, 0.6) is 17.2 Å². The number of ether oxygens (including phenoxy) is 4. The second-order valence-corrected chi connectivity index (χ2v) is 3.29. The van der Waals surface area contributed by atoms with Crippen LogP contribution in [0.1, 0.15) is 10.4 Å². The summed E-state index contributed by atoms with van der Waals surface area (Å²) in [6, 6.07) is 2.32. The monoisotopic (exact) mass is 262 g/mol. The molecule has 1 N–H and O–H groups in total. The van der Waals surface area contributed by atoms with Gasteiger partial charge in [0, 0.05) is 7.11 Å². The number of rotatable bonds is 4. The molecule has 1 aromatic carbocycles. The van der Waals surface area contributed by atoms with E-state index in [1.54, 1.807) is 0 Å². The maximum Gasteiger partial charge on any atom is 0.586 e. The van der Waals surface area contributed by atoms with Gasteiger partial charge in [0.25, 0.3) is 0 Å². The van der Waals surface area contributed by atoms with Gasteiger partial charge in [-0.3, -0.25) is 0 Å². The average Bonchev–Trinajstić information content (AvgIpc) is 2.58. The van der Waals surface area contributed by atoms with Crippen molar-refractivity contribution in [3.63, 3.8) is 0 Å². The van der Waals surface area contributed by atoms with Crippen LogP contribution < -0.4 is 14.2 Å². The van der Waals surface area contributed by atoms with Gasteiger partial charge in [0.1, 0.15) is 11.3 Å². The fourth-order valence-corrected chi connectivity index (χ4v) is 1.44. The summed E-state index contributed by atoms with van der Waals surface area (Å²) in [6.07, 6.45) is -3.88. The summed E-state index contributed by atoms with van der Waals surface area (Å²) in [7, 11) is 1.33. The summed E-state index contributed by atoms with van der Waals surface area (Å²) in [5.41, 5.74) is -0.540. The number of carboxylic acid groups (broad SMARTS) is 1. The van der Waals surface area contributed by atoms with E-state index in [0.717, 1.165) is 6.07 Å². The first-order valence-corrected chi connectivity index (χ1v) is 4.72. The standard InChI is InChI=1S/C10H8F2O6/c1-15-4-16-5-2-3-6-8(7(5)9(13)14)18-10(11,12)17-6/h2-3H,4H2,1H3,(H,13,14). The van der Waals surface area contributed by atoms with Crippen LogP contribution in [0.15, 0.2) is 12.1 Å². The molecule has 1 aliphatic heterocycles. The molecule has 98 valence electrons. The lowest BCUT2D eigenvalue weighted by molar-refractivity contribution is -0.286. The Labute approximate surface area is 99.6 Å². The Morgan fingerprint density at radius 2 is 2.17 bits per heavy atom. The van der Waals surface area contributed by atoms with Gasteiger partial charge in [0.15, 0.2) is 18.3 Å². The van der Waals surface area contributed by atoms with Gasteiger partial charge in [-0.05, 0) is 12.1 Å². The van der Waals surface area contributed by atoms with E-state index in [1.807, 2.05) is 0 Å². The highest BCUT2D eigenvalue weighted by atomic mass is 19.3. The molecule has 0 atom stereocenters. The van der Waals surface area contributed by atoms with Crippen molar-refractivity contribution in [2.24, 2.45) is 0 Å². The Hall–Kier alpha value is -2.09. The van der Waals surface area contributed by atoms with E-state index in [0.29, 0.717) is 0 Å². The zero-order valence-electron chi connectivity index (χ0n) is 9.11. The van der Waals surface area contributed by atoms with Crippen LogP contribution >= 0.6 is 0 Å². The minimum absolute atomic E-state index is 0.149. The number of fused-ring (bicyclic) bond motifs is 1. The van der Waals surface area contributed by atoms with Crippen molar-refractivity contribution >= 4 is 5.97 Å². The van der Waals surface area contributed by atoms with Crippen LogP contribution in [0.3, 0.4) is 0 Å². The lowest BCUT2D eigenvalue weighted by Crippen LogP contribution is -2.26. The first-order valence-electron chi connectivity index (χ1n) is 4.72. The van der Waals surface area contributed by atoms with Gasteiger partial charge in [0.2, 0.25) is 0 Å². The number of halogens is 2. The van der Waals surface area contributed by atoms with Gasteiger partial charge in [0.05, 0.1) is 0 Å². The maximum atomic E-state index is 12.9. The van der Waals surface area contributed by atoms with Crippen LogP contribution in [0.2, 0.25) is 0 Å². The molecule has 6 nitrogen and oxygen atoms in total. The van der Waals surface area contributed by atoms with E-state index >= 15 is 0 Å². The highest BCUT2D eigenvalue weighted by Gasteiger charge is 2.46. The number of aromatic carboxylic acids is 1. The van der Waals surface area contributed by atoms with E-state index in [9.17, 15) is 13.6 Å². The first-order chi connectivity index (χ1) is 8.44. The molecular formula is C10H8F2O6. The van der Waals surface area contributed by atoms with Gasteiger partial charge < -0.3 is 24.1 Å². The number of benzene rings is 1. The maximum absolute atomic E-state index is 12.9. The lowest BCUT2D eigenvalue weighted by Gasteiger charge is -2.09. The van der Waals surface area contributed by atoms with E-state index in [1.165, 1.54) is 13.2 Å². The van der Waals surface area contributed by atoms with E-state index in [-0.39, 0.29) is 18.3 Å². The van der Waals surface area contributed by atoms with Gasteiger partial charge in [-0.1, -0.05) is 0 Å². The Kier molecular flexibility index (Phi) is 2.95. The molecule has 0 saturated heterocycles. The second-order valence-electron chi connectivity index (χ2n) is 3.29. The van der Waals surface area contributed by atoms with Crippen molar-refractivity contribution in [2.75, 3.05) is 13.9 Å². The molecule has 0 aliphatic carbocycles. The molecule has 0 radical (unpaired) electrons. The van der Waals surface area contributed by atoms with Crippen molar-refractivity contribution in [1.82, 2.24) is 0 Å². The highest BCUT2D eigenvalue weighted by Crippen LogP contribution is 2.46. The third kappa shape index (κ3) is 2.14. The molecule has 18 heavy (non-hydrogen) atoms. The zero-order valence-corrected chi connectivity index (χ0v) is 9.11. The van der Waals surface area contributed by atoms with Crippen molar-refractivity contribution in [2.45, 2.75) is 6.29 Å². The van der Waals surface area contributed by atoms with Gasteiger partial charge in [-0.25, -0.2) is 4.79 Å². The summed E-state index contributed by atoms with van der Waals surface area (Å²) >= 11 is 0. The minimum Gasteiger partial charge on any atom is -0.477 e. The molecule has 1 aromatic rings. The topological polar surface area (TPSA) is 74.2 Å². The minimum atomic E-state index is -3.88. The van der Waals surface area contributed by atoms with Crippen LogP contribution in [0, 0.1) is 0 Å². The number of alkyl halides is 2. The number of hydrogen-bond donors (Lipinski definition) is 1. The summed E-state index contributed by atoms with van der Waals surface area (Å²) in [5.74, 6) is -2.55. The molecule has 0 amide bonds. The van der Waals surface area contributed by atoms with Crippen molar-refractivity contribution in [3.8, 4) is 17.2 Å². The van der Waals surface area contributed by atoms with Gasteiger partial charge >= 0.3 is 12.3 Å². The molecule has 2 rings (SSSR count). The molecule has 1 aliphatic rings. The normalized spacial score (nSPS) is 15.5. The third-order valence-corrected chi connectivity index (χ3v) is 2.08. The molecule has 8 heteroatoms. The van der Waals surface area contributed by atoms with Crippen molar-refractivity contribution < 1.29 is 37.6 Å². The Balaban J connectivity index is 2.44. The SMILES string of the molecule is COCOc1ccc2c(c1C(=O)O)OC(F)(F)O2. The molecule has 0 saturated carbocycles. The summed E-state index contributed by atoms with van der Waals surface area (Å²) in [6.45, 7) is -0.226.